The fraction of sp³-hybridized carbons (Fsp3) is 0.400. The lowest BCUT2D eigenvalue weighted by molar-refractivity contribution is -0.128. The van der Waals surface area contributed by atoms with E-state index in [1.807, 2.05) is 20.8 Å². The van der Waals surface area contributed by atoms with E-state index < -0.39 is 5.41 Å². The third-order valence-electron chi connectivity index (χ3n) is 3.13. The van der Waals surface area contributed by atoms with Crippen LogP contribution in [0.25, 0.3) is 11.0 Å². The summed E-state index contributed by atoms with van der Waals surface area (Å²) < 4.78 is 5.22. The molecular formula is C15H19N3O3. The number of fused-ring (bicyclic) bond motifs is 1. The molecule has 0 atom stereocenters. The molecule has 2 N–H and O–H groups in total. The van der Waals surface area contributed by atoms with Gasteiger partial charge in [0, 0.05) is 11.6 Å². The Kier molecular flexibility index (Phi) is 3.97. The van der Waals surface area contributed by atoms with Gasteiger partial charge < -0.3 is 15.0 Å². The standard InChI is InChI=1S/C15H19N3O3/c1-15(2,3)14(20)17-8-9-12(19)11-10(6-5-7-16-11)18-13(9)21-4/h5-7H,8H2,1-4H3,(H,17,20)(H,18,19). The molecule has 0 saturated heterocycles. The molecule has 0 aliphatic heterocycles. The Labute approximate surface area is 122 Å². The molecule has 0 aromatic carbocycles. The van der Waals surface area contributed by atoms with Crippen LogP contribution in [-0.4, -0.2) is 23.0 Å². The largest absolute Gasteiger partial charge is 0.482 e. The molecule has 0 unspecified atom stereocenters. The molecule has 2 aromatic rings. The summed E-state index contributed by atoms with van der Waals surface area (Å²) in [6.07, 6.45) is 1.56. The number of amides is 1. The fourth-order valence-corrected chi connectivity index (χ4v) is 1.90. The summed E-state index contributed by atoms with van der Waals surface area (Å²) >= 11 is 0. The number of nitrogens with one attached hydrogen (secondary N) is 2. The molecule has 6 heteroatoms. The number of pyridine rings is 2. The van der Waals surface area contributed by atoms with E-state index in [2.05, 4.69) is 15.3 Å². The van der Waals surface area contributed by atoms with Gasteiger partial charge in [-0.1, -0.05) is 20.8 Å². The quantitative estimate of drug-likeness (QED) is 0.898. The number of rotatable bonds is 3. The molecule has 1 amide bonds. The van der Waals surface area contributed by atoms with E-state index in [0.29, 0.717) is 22.5 Å². The van der Waals surface area contributed by atoms with Crippen LogP contribution in [0, 0.1) is 5.41 Å². The molecule has 2 rings (SSSR count). The summed E-state index contributed by atoms with van der Waals surface area (Å²) in [6.45, 7) is 5.53. The normalized spacial score (nSPS) is 11.4. The predicted octanol–water partition coefficient (Wildman–Crippen LogP) is 1.59. The summed E-state index contributed by atoms with van der Waals surface area (Å²) in [4.78, 5) is 31.5. The average molecular weight is 289 g/mol. The first-order valence-corrected chi connectivity index (χ1v) is 6.66. The van der Waals surface area contributed by atoms with Gasteiger partial charge in [-0.3, -0.25) is 14.6 Å². The van der Waals surface area contributed by atoms with E-state index in [1.54, 1.807) is 18.3 Å². The minimum atomic E-state index is -0.519. The lowest BCUT2D eigenvalue weighted by Gasteiger charge is -2.18. The number of hydrogen-bond donors (Lipinski definition) is 2. The number of aromatic nitrogens is 2. The second kappa shape index (κ2) is 5.55. The van der Waals surface area contributed by atoms with Crippen molar-refractivity contribution in [3.63, 3.8) is 0 Å². The van der Waals surface area contributed by atoms with Gasteiger partial charge in [-0.05, 0) is 12.1 Å². The van der Waals surface area contributed by atoms with E-state index in [1.165, 1.54) is 7.11 Å². The number of H-pyrrole nitrogens is 1. The predicted molar refractivity (Wildman–Crippen MR) is 80.2 cm³/mol. The number of aromatic amines is 1. The zero-order valence-electron chi connectivity index (χ0n) is 12.6. The first kappa shape index (κ1) is 15.0. The molecule has 0 fully saturated rings. The highest BCUT2D eigenvalue weighted by molar-refractivity contribution is 5.81. The van der Waals surface area contributed by atoms with Gasteiger partial charge in [-0.15, -0.1) is 0 Å². The first-order chi connectivity index (χ1) is 9.84. The van der Waals surface area contributed by atoms with Crippen LogP contribution in [0.1, 0.15) is 26.3 Å². The lowest BCUT2D eigenvalue weighted by Crippen LogP contribution is -2.35. The van der Waals surface area contributed by atoms with Crippen molar-refractivity contribution in [2.45, 2.75) is 27.3 Å². The summed E-state index contributed by atoms with van der Waals surface area (Å²) in [5, 5.41) is 2.75. The number of carbonyl (C=O) groups excluding carboxylic acids is 1. The van der Waals surface area contributed by atoms with Gasteiger partial charge in [-0.2, -0.15) is 0 Å². The highest BCUT2D eigenvalue weighted by atomic mass is 16.5. The highest BCUT2D eigenvalue weighted by Gasteiger charge is 2.22. The average Bonchev–Trinajstić information content (AvgIpc) is 2.44. The minimum Gasteiger partial charge on any atom is -0.482 e. The van der Waals surface area contributed by atoms with E-state index in [4.69, 9.17) is 4.74 Å². The van der Waals surface area contributed by atoms with E-state index in [-0.39, 0.29) is 17.9 Å². The SMILES string of the molecule is COc1[nH]c2cccnc2c(=O)c1CNC(=O)C(C)(C)C. The van der Waals surface area contributed by atoms with Crippen LogP contribution in [0.5, 0.6) is 5.88 Å². The van der Waals surface area contributed by atoms with E-state index in [0.717, 1.165) is 0 Å². The van der Waals surface area contributed by atoms with Crippen LogP contribution in [0.2, 0.25) is 0 Å². The highest BCUT2D eigenvalue weighted by Crippen LogP contribution is 2.17. The number of nitrogens with zero attached hydrogens (tertiary/aromatic N) is 1. The molecule has 0 radical (unpaired) electrons. The monoisotopic (exact) mass is 289 g/mol. The molecule has 0 aliphatic carbocycles. The van der Waals surface area contributed by atoms with Gasteiger partial charge >= 0.3 is 0 Å². The van der Waals surface area contributed by atoms with Crippen LogP contribution >= 0.6 is 0 Å². The molecule has 0 bridgehead atoms. The summed E-state index contributed by atoms with van der Waals surface area (Å²) in [6, 6.07) is 3.49. The van der Waals surface area contributed by atoms with Gasteiger partial charge in [0.05, 0.1) is 24.7 Å². The van der Waals surface area contributed by atoms with Crippen molar-refractivity contribution < 1.29 is 9.53 Å². The molecule has 0 spiro atoms. The van der Waals surface area contributed by atoms with Crippen LogP contribution in [0.4, 0.5) is 0 Å². The Morgan fingerprint density at radius 2 is 2.14 bits per heavy atom. The van der Waals surface area contributed by atoms with Crippen molar-refractivity contribution >= 4 is 16.9 Å². The summed E-state index contributed by atoms with van der Waals surface area (Å²) in [5.74, 6) is 0.208. The van der Waals surface area contributed by atoms with Crippen molar-refractivity contribution in [1.82, 2.24) is 15.3 Å². The van der Waals surface area contributed by atoms with Crippen LogP contribution in [0.3, 0.4) is 0 Å². The van der Waals surface area contributed by atoms with E-state index >= 15 is 0 Å². The molecule has 2 heterocycles. The van der Waals surface area contributed by atoms with Gasteiger partial charge in [0.2, 0.25) is 11.3 Å². The Morgan fingerprint density at radius 3 is 2.76 bits per heavy atom. The summed E-state index contributed by atoms with van der Waals surface area (Å²) in [7, 11) is 1.47. The van der Waals surface area contributed by atoms with Crippen molar-refractivity contribution in [1.29, 1.82) is 0 Å². The smallest absolute Gasteiger partial charge is 0.225 e. The van der Waals surface area contributed by atoms with Gasteiger partial charge in [0.1, 0.15) is 5.52 Å². The molecule has 0 saturated carbocycles. The third kappa shape index (κ3) is 3.04. The zero-order chi connectivity index (χ0) is 15.6. The maximum atomic E-state index is 12.5. The third-order valence-corrected chi connectivity index (χ3v) is 3.13. The van der Waals surface area contributed by atoms with Crippen molar-refractivity contribution in [2.75, 3.05) is 7.11 Å². The van der Waals surface area contributed by atoms with Gasteiger partial charge in [0.25, 0.3) is 0 Å². The number of methoxy groups -OCH3 is 1. The molecule has 0 aliphatic rings. The van der Waals surface area contributed by atoms with Crippen LogP contribution < -0.4 is 15.5 Å². The van der Waals surface area contributed by atoms with E-state index in [9.17, 15) is 9.59 Å². The van der Waals surface area contributed by atoms with Gasteiger partial charge in [0.15, 0.2) is 5.88 Å². The van der Waals surface area contributed by atoms with Crippen LogP contribution in [-0.2, 0) is 11.3 Å². The topological polar surface area (TPSA) is 84.1 Å². The van der Waals surface area contributed by atoms with Crippen molar-refractivity contribution in [3.8, 4) is 5.88 Å². The second-order valence-electron chi connectivity index (χ2n) is 5.80. The number of hydrogen-bond acceptors (Lipinski definition) is 4. The van der Waals surface area contributed by atoms with Crippen molar-refractivity contribution in [2.24, 2.45) is 5.41 Å². The first-order valence-electron chi connectivity index (χ1n) is 6.66. The lowest BCUT2D eigenvalue weighted by atomic mass is 9.95. The van der Waals surface area contributed by atoms with Gasteiger partial charge in [-0.25, -0.2) is 0 Å². The maximum absolute atomic E-state index is 12.5. The Balaban J connectivity index is 2.41. The van der Waals surface area contributed by atoms with Crippen molar-refractivity contribution in [3.05, 3.63) is 34.1 Å². The summed E-state index contributed by atoms with van der Waals surface area (Å²) in [5.41, 5.74) is 0.537. The number of carbonyl (C=O) groups is 1. The Morgan fingerprint density at radius 1 is 1.43 bits per heavy atom. The Hall–Kier alpha value is -2.37. The Bertz CT molecular complexity index is 729. The number of ether oxygens (including phenoxy) is 1. The second-order valence-corrected chi connectivity index (χ2v) is 5.80. The molecule has 112 valence electrons. The van der Waals surface area contributed by atoms with Crippen LogP contribution in [0.15, 0.2) is 23.1 Å². The minimum absolute atomic E-state index is 0.0983. The molecule has 2 aromatic heterocycles. The molecule has 6 nitrogen and oxygen atoms in total. The molecule has 21 heavy (non-hydrogen) atoms. The maximum Gasteiger partial charge on any atom is 0.225 e. The fourth-order valence-electron chi connectivity index (χ4n) is 1.90. The molecular weight excluding hydrogens is 270 g/mol. The zero-order valence-corrected chi connectivity index (χ0v) is 12.6.